The van der Waals surface area contributed by atoms with Gasteiger partial charge in [0, 0.05) is 12.1 Å². The van der Waals surface area contributed by atoms with Gasteiger partial charge in [-0.05, 0) is 55.7 Å². The fourth-order valence-electron chi connectivity index (χ4n) is 3.92. The van der Waals surface area contributed by atoms with E-state index in [1.807, 2.05) is 18.3 Å². The topological polar surface area (TPSA) is 68.1 Å². The van der Waals surface area contributed by atoms with Crippen molar-refractivity contribution in [1.29, 1.82) is 0 Å². The molecular weight excluding hydrogens is 318 g/mol. The van der Waals surface area contributed by atoms with Gasteiger partial charge in [-0.2, -0.15) is 0 Å². The van der Waals surface area contributed by atoms with E-state index in [0.717, 1.165) is 38.5 Å². The number of aromatic carboxylic acids is 1. The summed E-state index contributed by atoms with van der Waals surface area (Å²) in [6, 6.07) is 7.17. The van der Waals surface area contributed by atoms with E-state index < -0.39 is 5.97 Å². The molecule has 4 atom stereocenters. The Morgan fingerprint density at radius 2 is 2.08 bits per heavy atom. The number of hydrogen-bond donors (Lipinski definition) is 1. The van der Waals surface area contributed by atoms with E-state index in [9.17, 15) is 4.79 Å². The number of fused-ring (bicyclic) bond motifs is 2. The molecule has 3 rings (SSSR count). The first-order chi connectivity index (χ1) is 12.2. The van der Waals surface area contributed by atoms with Gasteiger partial charge >= 0.3 is 5.97 Å². The minimum Gasteiger partial charge on any atom is -0.478 e. The van der Waals surface area contributed by atoms with Gasteiger partial charge in [0.2, 0.25) is 0 Å². The van der Waals surface area contributed by atoms with Gasteiger partial charge in [-0.25, -0.2) is 4.79 Å². The second-order valence-electron chi connectivity index (χ2n) is 7.01. The van der Waals surface area contributed by atoms with Gasteiger partial charge < -0.3 is 14.7 Å². The summed E-state index contributed by atoms with van der Waals surface area (Å²) in [4.78, 5) is 16.3. The zero-order valence-corrected chi connectivity index (χ0v) is 14.8. The first-order valence-electron chi connectivity index (χ1n) is 9.32. The molecule has 5 heteroatoms. The molecule has 0 radical (unpaired) electrons. The van der Waals surface area contributed by atoms with Gasteiger partial charge in [0.05, 0.1) is 17.8 Å². The molecule has 2 bridgehead atoms. The molecule has 1 aromatic rings. The van der Waals surface area contributed by atoms with Gasteiger partial charge in [0.1, 0.15) is 6.61 Å². The van der Waals surface area contributed by atoms with Crippen LogP contribution in [0.4, 0.5) is 0 Å². The predicted octanol–water partition coefficient (Wildman–Crippen LogP) is 3.91. The van der Waals surface area contributed by atoms with Crippen LogP contribution < -0.4 is 0 Å². The summed E-state index contributed by atoms with van der Waals surface area (Å²) in [6.07, 6.45) is 8.90. The average Bonchev–Trinajstić information content (AvgIpc) is 3.22. The van der Waals surface area contributed by atoms with Crippen LogP contribution in [0.3, 0.4) is 0 Å². The first-order valence-corrected chi connectivity index (χ1v) is 9.32. The molecular formula is C20H27NO4. The number of carboxylic acid groups (broad SMARTS) is 1. The highest BCUT2D eigenvalue weighted by molar-refractivity contribution is 5.87. The number of ether oxygens (including phenoxy) is 1. The largest absolute Gasteiger partial charge is 0.478 e. The molecule has 0 spiro atoms. The highest BCUT2D eigenvalue weighted by Gasteiger charge is 2.47. The lowest BCUT2D eigenvalue weighted by Gasteiger charge is -2.24. The average molecular weight is 345 g/mol. The third-order valence-corrected chi connectivity index (χ3v) is 5.35. The molecule has 2 heterocycles. The van der Waals surface area contributed by atoms with Crippen LogP contribution in [0, 0.1) is 11.8 Å². The lowest BCUT2D eigenvalue weighted by molar-refractivity contribution is 0.0697. The van der Waals surface area contributed by atoms with E-state index in [-0.39, 0.29) is 6.10 Å². The molecule has 1 N–H and O–H groups in total. The zero-order chi connectivity index (χ0) is 17.6. The molecule has 1 aromatic carbocycles. The SMILES string of the molecule is CCCCON=CC1C2CCC(O2)C1CCc1ccc(C(=O)O)cc1. The zero-order valence-electron chi connectivity index (χ0n) is 14.8. The van der Waals surface area contributed by atoms with Gasteiger partial charge in [0.15, 0.2) is 0 Å². The Labute approximate surface area is 149 Å². The second kappa shape index (κ2) is 8.48. The molecule has 0 amide bonds. The number of unbranched alkanes of at least 4 members (excludes halogenated alkanes) is 1. The molecule has 5 nitrogen and oxygen atoms in total. The van der Waals surface area contributed by atoms with Crippen LogP contribution in [0.2, 0.25) is 0 Å². The van der Waals surface area contributed by atoms with Crippen molar-refractivity contribution in [3.63, 3.8) is 0 Å². The Bertz CT molecular complexity index is 598. The van der Waals surface area contributed by atoms with Crippen LogP contribution in [0.1, 0.15) is 54.9 Å². The van der Waals surface area contributed by atoms with Gasteiger partial charge in [0.25, 0.3) is 0 Å². The lowest BCUT2D eigenvalue weighted by Crippen LogP contribution is -2.28. The maximum atomic E-state index is 10.9. The fourth-order valence-corrected chi connectivity index (χ4v) is 3.92. The number of nitrogens with zero attached hydrogens (tertiary/aromatic N) is 1. The molecule has 25 heavy (non-hydrogen) atoms. The van der Waals surface area contributed by atoms with Crippen molar-refractivity contribution in [3.8, 4) is 0 Å². The van der Waals surface area contributed by atoms with E-state index in [4.69, 9.17) is 14.7 Å². The summed E-state index contributed by atoms with van der Waals surface area (Å²) >= 11 is 0. The quantitative estimate of drug-likeness (QED) is 0.418. The van der Waals surface area contributed by atoms with Crippen LogP contribution in [0.15, 0.2) is 29.4 Å². The summed E-state index contributed by atoms with van der Waals surface area (Å²) in [7, 11) is 0. The third-order valence-electron chi connectivity index (χ3n) is 5.35. The van der Waals surface area contributed by atoms with Crippen LogP contribution in [0.5, 0.6) is 0 Å². The van der Waals surface area contributed by atoms with Crippen molar-refractivity contribution in [1.82, 2.24) is 0 Å². The maximum absolute atomic E-state index is 10.9. The van der Waals surface area contributed by atoms with Gasteiger partial charge in [-0.3, -0.25) is 0 Å². The Morgan fingerprint density at radius 1 is 1.32 bits per heavy atom. The van der Waals surface area contributed by atoms with Crippen LogP contribution in [-0.4, -0.2) is 36.1 Å². The predicted molar refractivity (Wildman–Crippen MR) is 95.9 cm³/mol. The number of benzene rings is 1. The maximum Gasteiger partial charge on any atom is 0.335 e. The fraction of sp³-hybridized carbons (Fsp3) is 0.600. The smallest absolute Gasteiger partial charge is 0.335 e. The van der Waals surface area contributed by atoms with Crippen molar-refractivity contribution in [2.24, 2.45) is 17.0 Å². The first kappa shape index (κ1) is 17.9. The van der Waals surface area contributed by atoms with Crippen LogP contribution in [0.25, 0.3) is 0 Å². The van der Waals surface area contributed by atoms with Crippen LogP contribution >= 0.6 is 0 Å². The number of carbonyl (C=O) groups is 1. The number of rotatable bonds is 9. The third kappa shape index (κ3) is 4.40. The Hall–Kier alpha value is -1.88. The minimum atomic E-state index is -0.882. The van der Waals surface area contributed by atoms with E-state index in [1.165, 1.54) is 5.56 Å². The Kier molecular flexibility index (Phi) is 6.08. The number of carboxylic acids is 1. The van der Waals surface area contributed by atoms with E-state index in [0.29, 0.717) is 30.1 Å². The molecule has 2 aliphatic heterocycles. The van der Waals surface area contributed by atoms with Crippen LogP contribution in [-0.2, 0) is 16.0 Å². The number of aryl methyl sites for hydroxylation is 1. The molecule has 0 aliphatic carbocycles. The van der Waals surface area contributed by atoms with E-state index in [1.54, 1.807) is 12.1 Å². The van der Waals surface area contributed by atoms with E-state index >= 15 is 0 Å². The molecule has 2 fully saturated rings. The monoisotopic (exact) mass is 345 g/mol. The van der Waals surface area contributed by atoms with Crippen molar-refractivity contribution in [2.45, 2.75) is 57.7 Å². The summed E-state index contributed by atoms with van der Waals surface area (Å²) < 4.78 is 6.09. The lowest BCUT2D eigenvalue weighted by atomic mass is 9.77. The summed E-state index contributed by atoms with van der Waals surface area (Å²) in [5, 5.41) is 13.2. The molecule has 136 valence electrons. The summed E-state index contributed by atoms with van der Waals surface area (Å²) in [6.45, 7) is 2.81. The van der Waals surface area contributed by atoms with Gasteiger partial charge in [-0.15, -0.1) is 0 Å². The standard InChI is InChI=1S/C20H27NO4/c1-2-3-12-24-21-13-17-16(18-10-11-19(17)25-18)9-6-14-4-7-15(8-5-14)20(22)23/h4-5,7-8,13,16-19H,2-3,6,9-12H2,1H3,(H,22,23). The summed E-state index contributed by atoms with van der Waals surface area (Å²) in [5.41, 5.74) is 1.50. The minimum absolute atomic E-state index is 0.280. The van der Waals surface area contributed by atoms with Crippen molar-refractivity contribution < 1.29 is 19.5 Å². The highest BCUT2D eigenvalue weighted by Crippen LogP contribution is 2.44. The highest BCUT2D eigenvalue weighted by atomic mass is 16.6. The van der Waals surface area contributed by atoms with Crippen molar-refractivity contribution in [3.05, 3.63) is 35.4 Å². The molecule has 0 saturated carbocycles. The van der Waals surface area contributed by atoms with E-state index in [2.05, 4.69) is 12.1 Å². The normalized spacial score (nSPS) is 27.9. The number of hydrogen-bond acceptors (Lipinski definition) is 4. The molecule has 4 unspecified atom stereocenters. The molecule has 0 aromatic heterocycles. The summed E-state index contributed by atoms with van der Waals surface area (Å²) in [5.74, 6) is -0.0810. The molecule has 2 saturated heterocycles. The van der Waals surface area contributed by atoms with Crippen molar-refractivity contribution in [2.75, 3.05) is 6.61 Å². The second-order valence-corrected chi connectivity index (χ2v) is 7.01. The Morgan fingerprint density at radius 3 is 2.80 bits per heavy atom. The number of oxime groups is 1. The van der Waals surface area contributed by atoms with Gasteiger partial charge in [-0.1, -0.05) is 30.6 Å². The Balaban J connectivity index is 1.55. The van der Waals surface area contributed by atoms with Crippen molar-refractivity contribution >= 4 is 12.2 Å². The molecule has 2 aliphatic rings.